The average Bonchev–Trinajstić information content (AvgIpc) is 3.14. The Morgan fingerprint density at radius 3 is 2.63 bits per heavy atom. The summed E-state index contributed by atoms with van der Waals surface area (Å²) in [5.74, 6) is 2.97. The Bertz CT molecular complexity index is 578. The maximum Gasteiger partial charge on any atom is 0.231 e. The van der Waals surface area contributed by atoms with Gasteiger partial charge in [0.2, 0.25) is 11.7 Å². The number of benzene rings is 1. The number of nitrogens with two attached hydrogens (primary N) is 1. The van der Waals surface area contributed by atoms with E-state index in [9.17, 15) is 0 Å². The number of hydrogen-bond donors (Lipinski definition) is 1. The molecule has 98 valence electrons. The van der Waals surface area contributed by atoms with E-state index in [-0.39, 0.29) is 12.0 Å². The minimum Gasteiger partial charge on any atom is -0.339 e. The Balaban J connectivity index is 1.65. The van der Waals surface area contributed by atoms with Crippen LogP contribution < -0.4 is 5.73 Å². The van der Waals surface area contributed by atoms with Crippen LogP contribution in [0.3, 0.4) is 0 Å². The van der Waals surface area contributed by atoms with Crippen LogP contribution in [0.4, 0.5) is 0 Å². The molecule has 2 saturated carbocycles. The molecular weight excluding hydrogens is 238 g/mol. The van der Waals surface area contributed by atoms with Crippen molar-refractivity contribution in [3.63, 3.8) is 0 Å². The molecule has 2 aliphatic rings. The molecule has 2 fully saturated rings. The lowest BCUT2D eigenvalue weighted by atomic mass is 9.85. The average molecular weight is 255 g/mol. The lowest BCUT2D eigenvalue weighted by Gasteiger charge is -2.24. The molecule has 19 heavy (non-hydrogen) atoms. The van der Waals surface area contributed by atoms with Gasteiger partial charge in [0, 0.05) is 11.6 Å². The highest BCUT2D eigenvalue weighted by Gasteiger charge is 2.48. The molecule has 4 nitrogen and oxygen atoms in total. The molecule has 1 aromatic heterocycles. The maximum atomic E-state index is 6.32. The molecule has 0 radical (unpaired) electrons. The number of fused-ring (bicyclic) bond motifs is 2. The third-order valence-electron chi connectivity index (χ3n) is 4.74. The van der Waals surface area contributed by atoms with Crippen LogP contribution in [0.1, 0.15) is 31.1 Å². The summed E-state index contributed by atoms with van der Waals surface area (Å²) >= 11 is 0. The van der Waals surface area contributed by atoms with Crippen LogP contribution in [0.15, 0.2) is 34.9 Å². The van der Waals surface area contributed by atoms with E-state index in [0.717, 1.165) is 11.5 Å². The molecule has 2 N–H and O–H groups in total. The molecule has 2 bridgehead atoms. The molecule has 1 aromatic carbocycles. The SMILES string of the molecule is NC1C2CCC(C2)C1c1nc(-c2ccccc2)no1. The number of rotatable bonds is 2. The minimum absolute atomic E-state index is 0.197. The van der Waals surface area contributed by atoms with Crippen molar-refractivity contribution >= 4 is 0 Å². The Kier molecular flexibility index (Phi) is 2.45. The van der Waals surface area contributed by atoms with Gasteiger partial charge in [0.15, 0.2) is 0 Å². The monoisotopic (exact) mass is 255 g/mol. The molecule has 2 aromatic rings. The summed E-state index contributed by atoms with van der Waals surface area (Å²) in [6.07, 6.45) is 3.75. The second-order valence-corrected chi connectivity index (χ2v) is 5.76. The maximum absolute atomic E-state index is 6.32. The van der Waals surface area contributed by atoms with Crippen molar-refractivity contribution in [2.24, 2.45) is 17.6 Å². The van der Waals surface area contributed by atoms with E-state index in [1.807, 2.05) is 30.3 Å². The van der Waals surface area contributed by atoms with Gasteiger partial charge in [-0.05, 0) is 31.1 Å². The van der Waals surface area contributed by atoms with Crippen LogP contribution in [0, 0.1) is 11.8 Å². The van der Waals surface area contributed by atoms with Crippen LogP contribution in [0.25, 0.3) is 11.4 Å². The zero-order valence-corrected chi connectivity index (χ0v) is 10.7. The predicted molar refractivity (Wildman–Crippen MR) is 71.3 cm³/mol. The predicted octanol–water partition coefficient (Wildman–Crippen LogP) is 2.58. The van der Waals surface area contributed by atoms with Gasteiger partial charge in [-0.2, -0.15) is 4.98 Å². The van der Waals surface area contributed by atoms with Crippen LogP contribution >= 0.6 is 0 Å². The highest BCUT2D eigenvalue weighted by molar-refractivity contribution is 5.53. The summed E-state index contributed by atoms with van der Waals surface area (Å²) in [5.41, 5.74) is 7.31. The highest BCUT2D eigenvalue weighted by Crippen LogP contribution is 2.51. The van der Waals surface area contributed by atoms with Crippen molar-refractivity contribution in [2.45, 2.75) is 31.2 Å². The van der Waals surface area contributed by atoms with Crippen LogP contribution in [0.5, 0.6) is 0 Å². The van der Waals surface area contributed by atoms with Gasteiger partial charge in [0.1, 0.15) is 0 Å². The standard InChI is InChI=1S/C15H17N3O/c16-13-11-7-6-10(8-11)12(13)15-17-14(18-19-15)9-4-2-1-3-5-9/h1-5,10-13H,6-8,16H2. The van der Waals surface area contributed by atoms with E-state index < -0.39 is 0 Å². The van der Waals surface area contributed by atoms with Gasteiger partial charge in [0.05, 0.1) is 5.92 Å². The van der Waals surface area contributed by atoms with Crippen molar-refractivity contribution in [3.05, 3.63) is 36.2 Å². The summed E-state index contributed by atoms with van der Waals surface area (Å²) in [6.45, 7) is 0. The minimum atomic E-state index is 0.197. The lowest BCUT2D eigenvalue weighted by Crippen LogP contribution is -2.34. The van der Waals surface area contributed by atoms with Gasteiger partial charge in [-0.3, -0.25) is 0 Å². The van der Waals surface area contributed by atoms with Gasteiger partial charge in [-0.1, -0.05) is 35.5 Å². The summed E-state index contributed by atoms with van der Waals surface area (Å²) < 4.78 is 5.48. The fourth-order valence-corrected chi connectivity index (χ4v) is 3.78. The molecule has 1 heterocycles. The topological polar surface area (TPSA) is 64.9 Å². The van der Waals surface area contributed by atoms with Crippen molar-refractivity contribution in [1.82, 2.24) is 10.1 Å². The van der Waals surface area contributed by atoms with E-state index in [1.54, 1.807) is 0 Å². The van der Waals surface area contributed by atoms with Gasteiger partial charge in [-0.25, -0.2) is 0 Å². The largest absolute Gasteiger partial charge is 0.339 e. The van der Waals surface area contributed by atoms with Crippen LogP contribution in [0.2, 0.25) is 0 Å². The van der Waals surface area contributed by atoms with E-state index in [0.29, 0.717) is 17.7 Å². The summed E-state index contributed by atoms with van der Waals surface area (Å²) in [6, 6.07) is 10.1. The molecule has 4 atom stereocenters. The molecule has 4 heteroatoms. The van der Waals surface area contributed by atoms with Gasteiger partial charge >= 0.3 is 0 Å². The number of aromatic nitrogens is 2. The summed E-state index contributed by atoms with van der Waals surface area (Å²) in [4.78, 5) is 4.57. The van der Waals surface area contributed by atoms with Gasteiger partial charge < -0.3 is 10.3 Å². The van der Waals surface area contributed by atoms with Crippen molar-refractivity contribution < 1.29 is 4.52 Å². The first-order valence-electron chi connectivity index (χ1n) is 6.97. The number of hydrogen-bond acceptors (Lipinski definition) is 4. The molecule has 2 aliphatic carbocycles. The Hall–Kier alpha value is -1.68. The first kappa shape index (κ1) is 11.2. The lowest BCUT2D eigenvalue weighted by molar-refractivity contribution is 0.279. The summed E-state index contributed by atoms with van der Waals surface area (Å²) in [5, 5.41) is 4.11. The molecule has 0 spiro atoms. The second kappa shape index (κ2) is 4.17. The zero-order valence-electron chi connectivity index (χ0n) is 10.7. The van der Waals surface area contributed by atoms with Gasteiger partial charge in [-0.15, -0.1) is 0 Å². The third kappa shape index (κ3) is 1.70. The third-order valence-corrected chi connectivity index (χ3v) is 4.74. The number of nitrogens with zero attached hydrogens (tertiary/aromatic N) is 2. The fourth-order valence-electron chi connectivity index (χ4n) is 3.78. The van der Waals surface area contributed by atoms with Crippen molar-refractivity contribution in [1.29, 1.82) is 0 Å². The van der Waals surface area contributed by atoms with Crippen molar-refractivity contribution in [3.8, 4) is 11.4 Å². The van der Waals surface area contributed by atoms with E-state index in [4.69, 9.17) is 10.3 Å². The summed E-state index contributed by atoms with van der Waals surface area (Å²) in [7, 11) is 0. The van der Waals surface area contributed by atoms with E-state index >= 15 is 0 Å². The highest BCUT2D eigenvalue weighted by atomic mass is 16.5. The molecule has 0 saturated heterocycles. The quantitative estimate of drug-likeness (QED) is 0.895. The zero-order chi connectivity index (χ0) is 12.8. The first-order chi connectivity index (χ1) is 9.33. The smallest absolute Gasteiger partial charge is 0.231 e. The molecule has 4 rings (SSSR count). The van der Waals surface area contributed by atoms with Crippen LogP contribution in [-0.2, 0) is 0 Å². The molecule has 4 unspecified atom stereocenters. The van der Waals surface area contributed by atoms with E-state index in [1.165, 1.54) is 19.3 Å². The van der Waals surface area contributed by atoms with Gasteiger partial charge in [0.25, 0.3) is 0 Å². The molecular formula is C15H17N3O. The first-order valence-corrected chi connectivity index (χ1v) is 6.97. The van der Waals surface area contributed by atoms with Crippen LogP contribution in [-0.4, -0.2) is 16.2 Å². The molecule has 0 aliphatic heterocycles. The van der Waals surface area contributed by atoms with Crippen molar-refractivity contribution in [2.75, 3.05) is 0 Å². The Morgan fingerprint density at radius 1 is 1.11 bits per heavy atom. The Morgan fingerprint density at radius 2 is 1.89 bits per heavy atom. The fraction of sp³-hybridized carbons (Fsp3) is 0.467. The van der Waals surface area contributed by atoms with E-state index in [2.05, 4.69) is 10.1 Å². The Labute approximate surface area is 112 Å². The second-order valence-electron chi connectivity index (χ2n) is 5.76. The molecule has 0 amide bonds. The normalized spacial score (nSPS) is 32.9.